The second-order valence-electron chi connectivity index (χ2n) is 6.68. The van der Waals surface area contributed by atoms with Crippen molar-refractivity contribution in [3.05, 3.63) is 0 Å². The maximum atomic E-state index is 6.30. The standard InChI is InChI=1S/C16H34O2/c1-8-10-12-16(11-9-2,17-13-14(3)4)18-15(5,6)7/h14H,8-13H2,1-7H3. The molecule has 0 aromatic heterocycles. The maximum Gasteiger partial charge on any atom is 0.168 e. The van der Waals surface area contributed by atoms with Gasteiger partial charge < -0.3 is 9.47 Å². The molecular weight excluding hydrogens is 224 g/mol. The molecular formula is C16H34O2. The molecule has 0 aromatic carbocycles. The van der Waals surface area contributed by atoms with E-state index in [1.165, 1.54) is 6.42 Å². The molecule has 0 aliphatic rings. The zero-order chi connectivity index (χ0) is 14.2. The van der Waals surface area contributed by atoms with Gasteiger partial charge in [-0.1, -0.05) is 40.5 Å². The normalized spacial score (nSPS) is 16.0. The molecule has 0 spiro atoms. The third-order valence-electron chi connectivity index (χ3n) is 2.71. The molecule has 0 saturated carbocycles. The summed E-state index contributed by atoms with van der Waals surface area (Å²) in [4.78, 5) is 0. The smallest absolute Gasteiger partial charge is 0.168 e. The molecule has 2 heteroatoms. The summed E-state index contributed by atoms with van der Waals surface area (Å²) in [6, 6.07) is 0. The molecule has 18 heavy (non-hydrogen) atoms. The number of hydrogen-bond acceptors (Lipinski definition) is 2. The zero-order valence-corrected chi connectivity index (χ0v) is 13.6. The summed E-state index contributed by atoms with van der Waals surface area (Å²) in [5.74, 6) is 0.166. The van der Waals surface area contributed by atoms with Gasteiger partial charge in [-0.15, -0.1) is 0 Å². The third kappa shape index (κ3) is 8.10. The summed E-state index contributed by atoms with van der Waals surface area (Å²) in [5, 5.41) is 0. The van der Waals surface area contributed by atoms with Gasteiger partial charge >= 0.3 is 0 Å². The largest absolute Gasteiger partial charge is 0.350 e. The van der Waals surface area contributed by atoms with Crippen LogP contribution in [0.2, 0.25) is 0 Å². The van der Waals surface area contributed by atoms with Gasteiger partial charge in [0.05, 0.1) is 12.2 Å². The van der Waals surface area contributed by atoms with Crippen LogP contribution in [-0.4, -0.2) is 18.0 Å². The highest BCUT2D eigenvalue weighted by molar-refractivity contribution is 4.75. The molecule has 0 N–H and O–H groups in total. The first-order valence-corrected chi connectivity index (χ1v) is 7.59. The van der Waals surface area contributed by atoms with Crippen molar-refractivity contribution >= 4 is 0 Å². The van der Waals surface area contributed by atoms with E-state index in [-0.39, 0.29) is 11.4 Å². The molecule has 0 rings (SSSR count). The highest BCUT2D eigenvalue weighted by Crippen LogP contribution is 2.32. The molecule has 0 heterocycles. The molecule has 2 nitrogen and oxygen atoms in total. The Morgan fingerprint density at radius 1 is 0.944 bits per heavy atom. The van der Waals surface area contributed by atoms with Crippen molar-refractivity contribution in [2.75, 3.05) is 6.61 Å². The first kappa shape index (κ1) is 17.9. The Bertz CT molecular complexity index is 206. The molecule has 0 aliphatic carbocycles. The fourth-order valence-electron chi connectivity index (χ4n) is 2.10. The van der Waals surface area contributed by atoms with Crippen LogP contribution < -0.4 is 0 Å². The lowest BCUT2D eigenvalue weighted by Gasteiger charge is -2.40. The molecule has 0 saturated heterocycles. The molecule has 1 unspecified atom stereocenters. The number of hydrogen-bond donors (Lipinski definition) is 0. The Morgan fingerprint density at radius 2 is 1.56 bits per heavy atom. The minimum Gasteiger partial charge on any atom is -0.350 e. The van der Waals surface area contributed by atoms with Gasteiger partial charge in [0, 0.05) is 12.8 Å². The number of unbranched alkanes of at least 4 members (excludes halogenated alkanes) is 1. The van der Waals surface area contributed by atoms with Crippen molar-refractivity contribution in [1.82, 2.24) is 0 Å². The van der Waals surface area contributed by atoms with Crippen molar-refractivity contribution in [3.63, 3.8) is 0 Å². The van der Waals surface area contributed by atoms with E-state index in [0.29, 0.717) is 5.92 Å². The molecule has 0 amide bonds. The first-order valence-electron chi connectivity index (χ1n) is 7.59. The fraction of sp³-hybridized carbons (Fsp3) is 1.00. The van der Waals surface area contributed by atoms with Crippen molar-refractivity contribution in [2.45, 2.75) is 92.0 Å². The summed E-state index contributed by atoms with van der Waals surface area (Å²) < 4.78 is 12.5. The second-order valence-corrected chi connectivity index (χ2v) is 6.68. The average Bonchev–Trinajstić information content (AvgIpc) is 2.22. The number of ether oxygens (including phenoxy) is 2. The van der Waals surface area contributed by atoms with E-state index >= 15 is 0 Å². The van der Waals surface area contributed by atoms with Gasteiger partial charge in [-0.3, -0.25) is 0 Å². The third-order valence-corrected chi connectivity index (χ3v) is 2.71. The predicted molar refractivity (Wildman–Crippen MR) is 78.8 cm³/mol. The number of rotatable bonds is 9. The van der Waals surface area contributed by atoms with Crippen molar-refractivity contribution < 1.29 is 9.47 Å². The molecule has 0 radical (unpaired) electrons. The summed E-state index contributed by atoms with van der Waals surface area (Å²) in [7, 11) is 0. The predicted octanol–water partition coefficient (Wildman–Crippen LogP) is 5.16. The van der Waals surface area contributed by atoms with E-state index in [2.05, 4.69) is 48.5 Å². The van der Waals surface area contributed by atoms with Gasteiger partial charge in [-0.25, -0.2) is 0 Å². The van der Waals surface area contributed by atoms with Crippen LogP contribution in [0.3, 0.4) is 0 Å². The van der Waals surface area contributed by atoms with Crippen molar-refractivity contribution in [2.24, 2.45) is 5.92 Å². The lowest BCUT2D eigenvalue weighted by molar-refractivity contribution is -0.288. The Kier molecular flexibility index (Phi) is 8.13. The van der Waals surface area contributed by atoms with Crippen molar-refractivity contribution in [3.8, 4) is 0 Å². The molecule has 1 atom stereocenters. The van der Waals surface area contributed by atoms with Crippen LogP contribution in [0.4, 0.5) is 0 Å². The van der Waals surface area contributed by atoms with Gasteiger partial charge in [0.2, 0.25) is 0 Å². The van der Waals surface area contributed by atoms with Crippen LogP contribution >= 0.6 is 0 Å². The lowest BCUT2D eigenvalue weighted by Crippen LogP contribution is -2.43. The average molecular weight is 258 g/mol. The second kappa shape index (κ2) is 8.16. The van der Waals surface area contributed by atoms with Gasteiger partial charge in [-0.2, -0.15) is 0 Å². The van der Waals surface area contributed by atoms with Gasteiger partial charge in [0.1, 0.15) is 0 Å². The molecule has 0 aliphatic heterocycles. The molecule has 0 fully saturated rings. The van der Waals surface area contributed by atoms with Crippen LogP contribution in [0.5, 0.6) is 0 Å². The van der Waals surface area contributed by atoms with Crippen LogP contribution in [0.25, 0.3) is 0 Å². The van der Waals surface area contributed by atoms with E-state index in [1.54, 1.807) is 0 Å². The summed E-state index contributed by atoms with van der Waals surface area (Å²) in [5.41, 5.74) is -0.153. The quantitative estimate of drug-likeness (QED) is 0.532. The first-order chi connectivity index (χ1) is 8.24. The lowest BCUT2D eigenvalue weighted by atomic mass is 10.0. The van der Waals surface area contributed by atoms with Gasteiger partial charge in [-0.05, 0) is 33.1 Å². The van der Waals surface area contributed by atoms with E-state index < -0.39 is 0 Å². The highest BCUT2D eigenvalue weighted by atomic mass is 16.7. The van der Waals surface area contributed by atoms with E-state index in [1.807, 2.05) is 0 Å². The molecule has 110 valence electrons. The zero-order valence-electron chi connectivity index (χ0n) is 13.6. The molecule has 0 aromatic rings. The topological polar surface area (TPSA) is 18.5 Å². The maximum absolute atomic E-state index is 6.30. The monoisotopic (exact) mass is 258 g/mol. The minimum absolute atomic E-state index is 0.153. The Balaban J connectivity index is 4.76. The van der Waals surface area contributed by atoms with Crippen LogP contribution in [0.15, 0.2) is 0 Å². The Morgan fingerprint density at radius 3 is 1.94 bits per heavy atom. The molecule has 0 bridgehead atoms. The summed E-state index contributed by atoms with van der Waals surface area (Å²) in [6.07, 6.45) is 5.42. The summed E-state index contributed by atoms with van der Waals surface area (Å²) >= 11 is 0. The van der Waals surface area contributed by atoms with E-state index in [0.717, 1.165) is 32.3 Å². The Labute approximate surface area is 114 Å². The van der Waals surface area contributed by atoms with Crippen LogP contribution in [0, 0.1) is 5.92 Å². The summed E-state index contributed by atoms with van der Waals surface area (Å²) in [6.45, 7) is 15.9. The van der Waals surface area contributed by atoms with E-state index in [9.17, 15) is 0 Å². The van der Waals surface area contributed by atoms with Crippen LogP contribution in [0.1, 0.15) is 80.6 Å². The van der Waals surface area contributed by atoms with Gasteiger partial charge in [0.25, 0.3) is 0 Å². The highest BCUT2D eigenvalue weighted by Gasteiger charge is 2.35. The van der Waals surface area contributed by atoms with Gasteiger partial charge in [0.15, 0.2) is 5.79 Å². The SMILES string of the molecule is CCCCC(CCC)(OCC(C)C)OC(C)(C)C. The minimum atomic E-state index is -0.382. The Hall–Kier alpha value is -0.0800. The van der Waals surface area contributed by atoms with Crippen molar-refractivity contribution in [1.29, 1.82) is 0 Å². The van der Waals surface area contributed by atoms with E-state index in [4.69, 9.17) is 9.47 Å². The fourth-order valence-corrected chi connectivity index (χ4v) is 2.10. The van der Waals surface area contributed by atoms with Crippen LogP contribution in [-0.2, 0) is 9.47 Å².